The fraction of sp³-hybridized carbons (Fsp3) is 0.348. The number of nitrogens with zero attached hydrogens (tertiary/aromatic N) is 2. The SMILES string of the molecule is Cl.N=C(N)c1ccc(C2C3C(=O)N(Cc4ccc5c(c4)OCO5)C(=O)C3C3CSCN32)cc1. The lowest BCUT2D eigenvalue weighted by Crippen LogP contribution is -2.39. The van der Waals surface area contributed by atoms with Gasteiger partial charge in [0.15, 0.2) is 11.5 Å². The maximum absolute atomic E-state index is 13.6. The summed E-state index contributed by atoms with van der Waals surface area (Å²) in [6.07, 6.45) is 0. The summed E-state index contributed by atoms with van der Waals surface area (Å²) < 4.78 is 10.8. The van der Waals surface area contributed by atoms with E-state index in [2.05, 4.69) is 4.90 Å². The van der Waals surface area contributed by atoms with E-state index >= 15 is 0 Å². The minimum absolute atomic E-state index is 0. The second-order valence-corrected chi connectivity index (χ2v) is 9.56. The zero-order valence-corrected chi connectivity index (χ0v) is 19.2. The molecule has 3 saturated heterocycles. The lowest BCUT2D eigenvalue weighted by molar-refractivity contribution is -0.142. The monoisotopic (exact) mass is 486 g/mol. The quantitative estimate of drug-likeness (QED) is 0.388. The number of hydrogen-bond acceptors (Lipinski definition) is 7. The molecule has 172 valence electrons. The van der Waals surface area contributed by atoms with Crippen molar-refractivity contribution < 1.29 is 19.1 Å². The zero-order chi connectivity index (χ0) is 22.0. The number of amides is 2. The van der Waals surface area contributed by atoms with Crippen LogP contribution in [0.25, 0.3) is 0 Å². The third-order valence-corrected chi connectivity index (χ3v) is 7.96. The number of fused-ring (bicyclic) bond motifs is 4. The van der Waals surface area contributed by atoms with Crippen molar-refractivity contribution in [3.8, 4) is 11.5 Å². The standard InChI is InChI=1S/C23H22N4O4S.ClH/c24-21(25)14-4-2-13(3-5-14)20-19-18(15-9-32-10-27(15)20)22(28)26(23(19)29)8-12-1-6-16-17(7-12)31-11-30-16;/h1-7,15,18-20H,8-11H2,(H3,24,25);1H. The van der Waals surface area contributed by atoms with Gasteiger partial charge in [-0.15, -0.1) is 24.2 Å². The molecule has 0 radical (unpaired) electrons. The Morgan fingerprint density at radius 1 is 1.06 bits per heavy atom. The topological polar surface area (TPSA) is 109 Å². The summed E-state index contributed by atoms with van der Waals surface area (Å²) >= 11 is 1.80. The second-order valence-electron chi connectivity index (χ2n) is 8.56. The number of nitrogen functional groups attached to an aromatic ring is 1. The van der Waals surface area contributed by atoms with Gasteiger partial charge < -0.3 is 15.2 Å². The van der Waals surface area contributed by atoms with Gasteiger partial charge in [0.25, 0.3) is 0 Å². The lowest BCUT2D eigenvalue weighted by Gasteiger charge is -2.28. The highest BCUT2D eigenvalue weighted by atomic mass is 35.5. The molecule has 2 aromatic carbocycles. The first kappa shape index (κ1) is 22.1. The van der Waals surface area contributed by atoms with Crippen molar-refractivity contribution in [2.45, 2.75) is 18.6 Å². The van der Waals surface area contributed by atoms with Gasteiger partial charge in [-0.05, 0) is 23.3 Å². The molecule has 0 spiro atoms. The minimum atomic E-state index is -0.398. The van der Waals surface area contributed by atoms with Crippen LogP contribution < -0.4 is 15.2 Å². The number of carbonyl (C=O) groups is 2. The van der Waals surface area contributed by atoms with Gasteiger partial charge >= 0.3 is 0 Å². The Kier molecular flexibility index (Phi) is 5.50. The lowest BCUT2D eigenvalue weighted by atomic mass is 9.86. The van der Waals surface area contributed by atoms with Crippen molar-refractivity contribution in [2.75, 3.05) is 18.4 Å². The molecule has 33 heavy (non-hydrogen) atoms. The molecule has 2 amide bonds. The maximum Gasteiger partial charge on any atom is 0.235 e. The summed E-state index contributed by atoms with van der Waals surface area (Å²) in [6, 6.07) is 12.9. The van der Waals surface area contributed by atoms with E-state index in [0.717, 1.165) is 22.8 Å². The van der Waals surface area contributed by atoms with E-state index in [0.29, 0.717) is 17.1 Å². The largest absolute Gasteiger partial charge is 0.454 e. The van der Waals surface area contributed by atoms with Gasteiger partial charge in [-0.3, -0.25) is 24.8 Å². The minimum Gasteiger partial charge on any atom is -0.454 e. The van der Waals surface area contributed by atoms with Gasteiger partial charge in [-0.1, -0.05) is 30.3 Å². The Labute approximate surface area is 201 Å². The highest BCUT2D eigenvalue weighted by Crippen LogP contribution is 2.53. The van der Waals surface area contributed by atoms with E-state index in [1.165, 1.54) is 4.90 Å². The first-order valence-corrected chi connectivity index (χ1v) is 11.7. The molecule has 2 aromatic rings. The zero-order valence-electron chi connectivity index (χ0n) is 17.6. The van der Waals surface area contributed by atoms with Crippen LogP contribution in [0.1, 0.15) is 22.7 Å². The molecule has 4 aliphatic rings. The van der Waals surface area contributed by atoms with Crippen LogP contribution in [0.4, 0.5) is 0 Å². The highest BCUT2D eigenvalue weighted by Gasteiger charge is 2.63. The van der Waals surface area contributed by atoms with Crippen LogP contribution in [0.3, 0.4) is 0 Å². The third-order valence-electron chi connectivity index (χ3n) is 6.90. The Hall–Kier alpha value is -2.75. The van der Waals surface area contributed by atoms with E-state index in [1.54, 1.807) is 11.8 Å². The third kappa shape index (κ3) is 3.37. The number of nitrogens with one attached hydrogen (secondary N) is 1. The Morgan fingerprint density at radius 2 is 1.79 bits per heavy atom. The van der Waals surface area contributed by atoms with Crippen LogP contribution in [0, 0.1) is 17.2 Å². The average Bonchev–Trinajstić information content (AvgIpc) is 3.54. The van der Waals surface area contributed by atoms with Crippen LogP contribution in [-0.4, -0.2) is 51.9 Å². The number of carbonyl (C=O) groups excluding carboxylic acids is 2. The van der Waals surface area contributed by atoms with E-state index in [1.807, 2.05) is 42.5 Å². The maximum atomic E-state index is 13.6. The number of rotatable bonds is 4. The highest BCUT2D eigenvalue weighted by molar-refractivity contribution is 7.99. The van der Waals surface area contributed by atoms with Gasteiger partial charge in [0, 0.05) is 29.3 Å². The molecule has 0 bridgehead atoms. The Morgan fingerprint density at radius 3 is 2.55 bits per heavy atom. The number of nitrogens with two attached hydrogens (primary N) is 1. The summed E-state index contributed by atoms with van der Waals surface area (Å²) in [6.45, 7) is 0.418. The average molecular weight is 487 g/mol. The number of imide groups is 1. The number of benzene rings is 2. The summed E-state index contributed by atoms with van der Waals surface area (Å²) in [5.41, 5.74) is 8.08. The van der Waals surface area contributed by atoms with E-state index in [-0.39, 0.29) is 61.4 Å². The first-order valence-electron chi connectivity index (χ1n) is 10.5. The molecule has 4 unspecified atom stereocenters. The normalized spacial score (nSPS) is 27.5. The molecule has 0 saturated carbocycles. The fourth-order valence-electron chi connectivity index (χ4n) is 5.42. The van der Waals surface area contributed by atoms with Crippen molar-refractivity contribution >= 4 is 41.8 Å². The van der Waals surface area contributed by atoms with Crippen LogP contribution in [0.5, 0.6) is 11.5 Å². The Bertz CT molecular complexity index is 1140. The molecule has 0 aliphatic carbocycles. The number of likely N-dealkylation sites (tertiary alicyclic amines) is 1. The number of amidine groups is 1. The van der Waals surface area contributed by atoms with Crippen LogP contribution in [0.2, 0.25) is 0 Å². The molecule has 3 N–H and O–H groups in total. The number of halogens is 1. The molecular formula is C23H23ClN4O4S. The molecule has 3 fully saturated rings. The predicted molar refractivity (Wildman–Crippen MR) is 126 cm³/mol. The van der Waals surface area contributed by atoms with Crippen LogP contribution >= 0.6 is 24.2 Å². The smallest absolute Gasteiger partial charge is 0.235 e. The van der Waals surface area contributed by atoms with Gasteiger partial charge in [0.2, 0.25) is 18.6 Å². The van der Waals surface area contributed by atoms with E-state index < -0.39 is 5.92 Å². The molecule has 10 heteroatoms. The summed E-state index contributed by atoms with van der Waals surface area (Å²) in [4.78, 5) is 30.8. The van der Waals surface area contributed by atoms with Crippen molar-refractivity contribution in [3.05, 3.63) is 59.2 Å². The number of thioether (sulfide) groups is 1. The number of ether oxygens (including phenoxy) is 2. The molecule has 0 aromatic heterocycles. The van der Waals surface area contributed by atoms with Crippen molar-refractivity contribution in [1.29, 1.82) is 5.41 Å². The fourth-order valence-corrected chi connectivity index (χ4v) is 6.73. The van der Waals surface area contributed by atoms with Crippen LogP contribution in [-0.2, 0) is 16.1 Å². The van der Waals surface area contributed by atoms with E-state index in [4.69, 9.17) is 20.6 Å². The van der Waals surface area contributed by atoms with Gasteiger partial charge in [-0.2, -0.15) is 0 Å². The molecule has 8 nitrogen and oxygen atoms in total. The van der Waals surface area contributed by atoms with Crippen molar-refractivity contribution in [2.24, 2.45) is 17.6 Å². The van der Waals surface area contributed by atoms with Crippen molar-refractivity contribution in [3.63, 3.8) is 0 Å². The van der Waals surface area contributed by atoms with Gasteiger partial charge in [0.1, 0.15) is 5.84 Å². The Balaban J connectivity index is 0.00000228. The summed E-state index contributed by atoms with van der Waals surface area (Å²) in [5, 5.41) is 7.63. The first-order chi connectivity index (χ1) is 15.5. The molecule has 6 rings (SSSR count). The number of hydrogen-bond donors (Lipinski definition) is 2. The van der Waals surface area contributed by atoms with Gasteiger partial charge in [0.05, 0.1) is 18.4 Å². The predicted octanol–water partition coefficient (Wildman–Crippen LogP) is 2.35. The van der Waals surface area contributed by atoms with Gasteiger partial charge in [-0.25, -0.2) is 0 Å². The molecule has 4 aliphatic heterocycles. The molecule has 4 atom stereocenters. The van der Waals surface area contributed by atoms with Crippen molar-refractivity contribution in [1.82, 2.24) is 9.80 Å². The molecule has 4 heterocycles. The second kappa shape index (κ2) is 8.23. The van der Waals surface area contributed by atoms with Crippen LogP contribution in [0.15, 0.2) is 42.5 Å². The summed E-state index contributed by atoms with van der Waals surface area (Å²) in [5.74, 6) is 2.06. The molecular weight excluding hydrogens is 464 g/mol. The summed E-state index contributed by atoms with van der Waals surface area (Å²) in [7, 11) is 0. The van der Waals surface area contributed by atoms with E-state index in [9.17, 15) is 9.59 Å².